The number of nitrogens with zero attached hydrogens (tertiary/aromatic N) is 6. The van der Waals surface area contributed by atoms with Crippen molar-refractivity contribution in [2.24, 2.45) is 0 Å². The van der Waals surface area contributed by atoms with Gasteiger partial charge in [0.2, 0.25) is 0 Å². The summed E-state index contributed by atoms with van der Waals surface area (Å²) < 4.78 is 0. The third-order valence-corrected chi connectivity index (χ3v) is 6.98. The molecule has 5 N–H and O–H groups in total. The number of carboxylic acid groups (broad SMARTS) is 5. The number of carbonyl (C=O) groups is 6. The van der Waals surface area contributed by atoms with E-state index in [9.17, 15) is 54.3 Å². The summed E-state index contributed by atoms with van der Waals surface area (Å²) in [5.74, 6) is -5.49. The van der Waals surface area contributed by atoms with Gasteiger partial charge in [-0.15, -0.1) is 0 Å². The van der Waals surface area contributed by atoms with Gasteiger partial charge in [0.15, 0.2) is 0 Å². The second-order valence-corrected chi connectivity index (χ2v) is 10.5. The first-order valence-electron chi connectivity index (χ1n) is 14.2. The minimum atomic E-state index is -1.11. The molecule has 1 fully saturated rings. The van der Waals surface area contributed by atoms with E-state index in [0.717, 1.165) is 0 Å². The van der Waals surface area contributed by atoms with Crippen molar-refractivity contribution >= 4 is 35.6 Å². The normalized spacial score (nSPS) is 19.3. The van der Waals surface area contributed by atoms with Gasteiger partial charge in [-0.3, -0.25) is 58.2 Å². The summed E-state index contributed by atoms with van der Waals surface area (Å²) in [7, 11) is 0. The molecule has 246 valence electrons. The van der Waals surface area contributed by atoms with Crippen LogP contribution >= 0.6 is 0 Å². The molecule has 1 heterocycles. The molecule has 1 aliphatic heterocycles. The van der Waals surface area contributed by atoms with Crippen LogP contribution in [0.5, 0.6) is 0 Å². The zero-order valence-electron chi connectivity index (χ0n) is 24.8. The lowest BCUT2D eigenvalue weighted by molar-refractivity contribution is -0.141. The summed E-state index contributed by atoms with van der Waals surface area (Å²) in [6, 6.07) is 0. The Morgan fingerprint density at radius 3 is 0.674 bits per heavy atom. The molecule has 0 atom stereocenters. The molecule has 0 bridgehead atoms. The number of ketones is 1. The maximum absolute atomic E-state index is 12.3. The molecular formula is C26H46N6O11. The van der Waals surface area contributed by atoms with E-state index < -0.39 is 29.8 Å². The first-order chi connectivity index (χ1) is 20.3. The van der Waals surface area contributed by atoms with E-state index in [2.05, 4.69) is 0 Å². The fourth-order valence-corrected chi connectivity index (χ4v) is 4.63. The number of hydrogen-bond acceptors (Lipinski definition) is 12. The molecule has 1 saturated heterocycles. The maximum atomic E-state index is 12.3. The Hall–Kier alpha value is -3.22. The summed E-state index contributed by atoms with van der Waals surface area (Å²) in [4.78, 5) is 79.8. The molecule has 17 nitrogen and oxygen atoms in total. The van der Waals surface area contributed by atoms with Gasteiger partial charge in [0.25, 0.3) is 0 Å². The minimum Gasteiger partial charge on any atom is -0.480 e. The van der Waals surface area contributed by atoms with Gasteiger partial charge in [0.05, 0.1) is 39.3 Å². The van der Waals surface area contributed by atoms with E-state index in [1.54, 1.807) is 31.4 Å². The summed E-state index contributed by atoms with van der Waals surface area (Å²) in [6.07, 6.45) is 0.293. The highest BCUT2D eigenvalue weighted by atomic mass is 16.4. The summed E-state index contributed by atoms with van der Waals surface area (Å²) in [5.41, 5.74) is 0. The topological polar surface area (TPSA) is 223 Å². The molecule has 0 aromatic carbocycles. The number of carbonyl (C=O) groups excluding carboxylic acids is 1. The van der Waals surface area contributed by atoms with Gasteiger partial charge < -0.3 is 25.5 Å². The molecule has 0 radical (unpaired) electrons. The van der Waals surface area contributed by atoms with Crippen LogP contribution in [0.3, 0.4) is 0 Å². The second kappa shape index (κ2) is 20.6. The van der Waals surface area contributed by atoms with Crippen molar-refractivity contribution in [2.45, 2.75) is 13.3 Å². The van der Waals surface area contributed by atoms with Crippen LogP contribution in [-0.4, -0.2) is 208 Å². The first-order valence-corrected chi connectivity index (χ1v) is 14.2. The molecule has 0 amide bonds. The Kier molecular flexibility index (Phi) is 18.2. The van der Waals surface area contributed by atoms with E-state index in [1.807, 2.05) is 4.90 Å². The van der Waals surface area contributed by atoms with E-state index in [0.29, 0.717) is 19.5 Å². The average Bonchev–Trinajstić information content (AvgIpc) is 2.89. The third-order valence-electron chi connectivity index (χ3n) is 6.98. The molecule has 43 heavy (non-hydrogen) atoms. The zero-order valence-corrected chi connectivity index (χ0v) is 24.8. The number of hydrogen-bond donors (Lipinski definition) is 5. The van der Waals surface area contributed by atoms with Crippen molar-refractivity contribution in [3.63, 3.8) is 0 Å². The van der Waals surface area contributed by atoms with Crippen LogP contribution < -0.4 is 0 Å². The Balaban J connectivity index is 3.30. The number of aliphatic carboxylic acids is 5. The molecule has 0 spiro atoms. The summed E-state index contributed by atoms with van der Waals surface area (Å²) >= 11 is 0. The van der Waals surface area contributed by atoms with Gasteiger partial charge in [-0.2, -0.15) is 0 Å². The van der Waals surface area contributed by atoms with E-state index >= 15 is 0 Å². The van der Waals surface area contributed by atoms with Gasteiger partial charge in [-0.25, -0.2) is 0 Å². The molecule has 1 aliphatic rings. The van der Waals surface area contributed by atoms with Crippen LogP contribution in [0.25, 0.3) is 0 Å². The fourth-order valence-electron chi connectivity index (χ4n) is 4.63. The largest absolute Gasteiger partial charge is 0.480 e. The lowest BCUT2D eigenvalue weighted by Crippen LogP contribution is -2.49. The predicted molar refractivity (Wildman–Crippen MR) is 152 cm³/mol. The van der Waals surface area contributed by atoms with Gasteiger partial charge in [-0.05, 0) is 0 Å². The predicted octanol–water partition coefficient (Wildman–Crippen LogP) is -2.79. The lowest BCUT2D eigenvalue weighted by Gasteiger charge is -2.32. The average molecular weight is 619 g/mol. The highest BCUT2D eigenvalue weighted by Gasteiger charge is 2.21. The van der Waals surface area contributed by atoms with Crippen molar-refractivity contribution in [1.82, 2.24) is 29.4 Å². The number of Topliss-reactive ketones (excluding diaryl/α,β-unsaturated/α-hetero) is 1. The zero-order chi connectivity index (χ0) is 32.4. The summed E-state index contributed by atoms with van der Waals surface area (Å²) in [6.45, 7) is 2.69. The van der Waals surface area contributed by atoms with Crippen molar-refractivity contribution in [3.05, 3.63) is 0 Å². The minimum absolute atomic E-state index is 0.0390. The Bertz CT molecular complexity index is 881. The van der Waals surface area contributed by atoms with Crippen LogP contribution in [0.4, 0.5) is 0 Å². The Morgan fingerprint density at radius 2 is 0.535 bits per heavy atom. The molecule has 0 aromatic rings. The van der Waals surface area contributed by atoms with E-state index in [4.69, 9.17) is 0 Å². The van der Waals surface area contributed by atoms with Crippen molar-refractivity contribution in [1.29, 1.82) is 0 Å². The highest BCUT2D eigenvalue weighted by molar-refractivity contribution is 5.80. The third kappa shape index (κ3) is 18.8. The molecule has 0 unspecified atom stereocenters. The Labute approximate surface area is 250 Å². The van der Waals surface area contributed by atoms with E-state index in [1.165, 1.54) is 0 Å². The molecule has 0 aliphatic carbocycles. The monoisotopic (exact) mass is 618 g/mol. The lowest BCUT2D eigenvalue weighted by atomic mass is 10.2. The molecule has 0 aromatic heterocycles. The quantitative estimate of drug-likeness (QED) is 0.141. The van der Waals surface area contributed by atoms with Crippen LogP contribution in [0.2, 0.25) is 0 Å². The maximum Gasteiger partial charge on any atom is 0.317 e. The second-order valence-electron chi connectivity index (χ2n) is 10.5. The van der Waals surface area contributed by atoms with Crippen LogP contribution in [0, 0.1) is 0 Å². The molecule has 17 heteroatoms. The standard InChI is InChI=1S/C26H46N6O11/c1-2-21(33)15-27-3-5-28(16-22(34)35)7-9-30(18-24(38)39)11-13-32(20-26(42)43)14-12-31(19-25(40)41)10-8-29(6-4-27)17-23(36)37/h2-20H2,1H3,(H,34,35)(H,36,37)(H,38,39)(H,40,41)(H,42,43). The molecular weight excluding hydrogens is 572 g/mol. The Morgan fingerprint density at radius 1 is 0.372 bits per heavy atom. The van der Waals surface area contributed by atoms with Crippen LogP contribution in [0.1, 0.15) is 13.3 Å². The first kappa shape index (κ1) is 37.8. The number of carboxylic acids is 5. The van der Waals surface area contributed by atoms with Crippen molar-refractivity contribution in [2.75, 3.05) is 118 Å². The van der Waals surface area contributed by atoms with Gasteiger partial charge in [0, 0.05) is 85.0 Å². The highest BCUT2D eigenvalue weighted by Crippen LogP contribution is 2.03. The van der Waals surface area contributed by atoms with Crippen LogP contribution in [0.15, 0.2) is 0 Å². The van der Waals surface area contributed by atoms with E-state index in [-0.39, 0.29) is 110 Å². The van der Waals surface area contributed by atoms with Gasteiger partial charge >= 0.3 is 29.8 Å². The van der Waals surface area contributed by atoms with Crippen LogP contribution in [-0.2, 0) is 28.8 Å². The smallest absolute Gasteiger partial charge is 0.317 e. The van der Waals surface area contributed by atoms with Crippen molar-refractivity contribution < 1.29 is 54.3 Å². The molecule has 1 rings (SSSR count). The number of rotatable bonds is 13. The van der Waals surface area contributed by atoms with Gasteiger partial charge in [-0.1, -0.05) is 6.92 Å². The van der Waals surface area contributed by atoms with Gasteiger partial charge in [0.1, 0.15) is 5.78 Å². The SMILES string of the molecule is CCC(=O)CN1CCN(CC(=O)O)CCN(CC(=O)O)CCN(CC(=O)O)CCN(CC(=O)O)CCN(CC(=O)O)CC1. The van der Waals surface area contributed by atoms with Crippen molar-refractivity contribution in [3.8, 4) is 0 Å². The summed E-state index contributed by atoms with van der Waals surface area (Å²) in [5, 5.41) is 47.2. The molecule has 0 saturated carbocycles. The fraction of sp³-hybridized carbons (Fsp3) is 0.769.